The minimum absolute atomic E-state index is 0.430. The summed E-state index contributed by atoms with van der Waals surface area (Å²) >= 11 is 0. The van der Waals surface area contributed by atoms with E-state index in [-0.39, 0.29) is 0 Å². The zero-order valence-electron chi connectivity index (χ0n) is 14.2. The summed E-state index contributed by atoms with van der Waals surface area (Å²) in [6.45, 7) is -0.899. The van der Waals surface area contributed by atoms with E-state index in [1.54, 1.807) is 0 Å². The van der Waals surface area contributed by atoms with Gasteiger partial charge in [-0.15, -0.1) is 0 Å². The number of hydrogen-bond donors (Lipinski definition) is 6. The first-order valence-electron chi connectivity index (χ1n) is 8.00. The van der Waals surface area contributed by atoms with Gasteiger partial charge in [-0.1, -0.05) is 0 Å². The fourth-order valence-corrected chi connectivity index (χ4v) is 3.12. The van der Waals surface area contributed by atoms with Gasteiger partial charge in [0, 0.05) is 14.2 Å². The summed E-state index contributed by atoms with van der Waals surface area (Å²) in [5.74, 6) is 0. The van der Waals surface area contributed by atoms with Crippen LogP contribution in [0.5, 0.6) is 0 Å². The van der Waals surface area contributed by atoms with Gasteiger partial charge in [0.05, 0.1) is 25.3 Å². The van der Waals surface area contributed by atoms with Crippen molar-refractivity contribution in [2.45, 2.75) is 61.3 Å². The molecular formula is C14H28N2O9. The first-order chi connectivity index (χ1) is 11.9. The molecule has 0 spiro atoms. The SMILES string of the molecule is COC1C(CO)O[C@@H](O[C@H]2C(CO)O[C@H](OC)[C@H](N)C2O)C(N)[C@H]1O. The Hall–Kier alpha value is -0.440. The highest BCUT2D eigenvalue weighted by Gasteiger charge is 2.49. The predicted octanol–water partition coefficient (Wildman–Crippen LogP) is -4.16. The maximum atomic E-state index is 10.4. The van der Waals surface area contributed by atoms with E-state index in [0.717, 1.165) is 0 Å². The molecule has 8 N–H and O–H groups in total. The molecule has 0 aliphatic carbocycles. The van der Waals surface area contributed by atoms with E-state index in [0.29, 0.717) is 0 Å². The molecular weight excluding hydrogens is 340 g/mol. The molecule has 148 valence electrons. The molecule has 2 fully saturated rings. The summed E-state index contributed by atoms with van der Waals surface area (Å²) in [4.78, 5) is 0. The lowest BCUT2D eigenvalue weighted by molar-refractivity contribution is -0.327. The lowest BCUT2D eigenvalue weighted by Crippen LogP contribution is -2.67. The quantitative estimate of drug-likeness (QED) is 0.268. The monoisotopic (exact) mass is 368 g/mol. The first kappa shape index (κ1) is 20.9. The number of ether oxygens (including phenoxy) is 5. The highest BCUT2D eigenvalue weighted by Crippen LogP contribution is 2.28. The molecule has 11 heteroatoms. The van der Waals surface area contributed by atoms with Gasteiger partial charge in [0.2, 0.25) is 0 Å². The van der Waals surface area contributed by atoms with Crippen LogP contribution in [0.4, 0.5) is 0 Å². The summed E-state index contributed by atoms with van der Waals surface area (Å²) in [6, 6.07) is -1.95. The molecule has 0 aromatic carbocycles. The fourth-order valence-electron chi connectivity index (χ4n) is 3.12. The molecule has 2 rings (SSSR count). The van der Waals surface area contributed by atoms with Crippen molar-refractivity contribution in [3.8, 4) is 0 Å². The first-order valence-corrected chi connectivity index (χ1v) is 8.00. The number of rotatable bonds is 6. The van der Waals surface area contributed by atoms with Crippen LogP contribution in [0.3, 0.4) is 0 Å². The average molecular weight is 368 g/mol. The molecule has 0 bridgehead atoms. The number of nitrogens with two attached hydrogens (primary N) is 2. The molecule has 2 aliphatic heterocycles. The minimum atomic E-state index is -1.24. The molecule has 0 radical (unpaired) electrons. The van der Waals surface area contributed by atoms with E-state index >= 15 is 0 Å². The van der Waals surface area contributed by atoms with E-state index in [2.05, 4.69) is 0 Å². The molecule has 2 saturated heterocycles. The number of aliphatic hydroxyl groups is 4. The van der Waals surface area contributed by atoms with Crippen LogP contribution in [0, 0.1) is 0 Å². The highest BCUT2D eigenvalue weighted by atomic mass is 16.7. The summed E-state index contributed by atoms with van der Waals surface area (Å²) in [5, 5.41) is 39.6. The molecule has 0 aromatic rings. The van der Waals surface area contributed by atoms with Crippen LogP contribution < -0.4 is 11.5 Å². The van der Waals surface area contributed by atoms with Crippen molar-refractivity contribution in [3.05, 3.63) is 0 Å². The number of hydrogen-bond acceptors (Lipinski definition) is 11. The van der Waals surface area contributed by atoms with Crippen LogP contribution in [0.1, 0.15) is 0 Å². The lowest BCUT2D eigenvalue weighted by Gasteiger charge is -2.47. The third-order valence-electron chi connectivity index (χ3n) is 4.60. The molecule has 11 nitrogen and oxygen atoms in total. The summed E-state index contributed by atoms with van der Waals surface area (Å²) in [5.41, 5.74) is 11.8. The Balaban J connectivity index is 2.13. The maximum Gasteiger partial charge on any atom is 0.176 e. The van der Waals surface area contributed by atoms with E-state index in [1.165, 1.54) is 14.2 Å². The Bertz CT molecular complexity index is 414. The Morgan fingerprint density at radius 2 is 1.28 bits per heavy atom. The second-order valence-corrected chi connectivity index (χ2v) is 6.12. The van der Waals surface area contributed by atoms with Crippen LogP contribution >= 0.6 is 0 Å². The summed E-state index contributed by atoms with van der Waals surface area (Å²) in [7, 11) is 2.72. The van der Waals surface area contributed by atoms with Crippen molar-refractivity contribution < 1.29 is 44.1 Å². The van der Waals surface area contributed by atoms with Gasteiger partial charge in [0.25, 0.3) is 0 Å². The van der Waals surface area contributed by atoms with Crippen LogP contribution in [0.15, 0.2) is 0 Å². The van der Waals surface area contributed by atoms with E-state index in [9.17, 15) is 20.4 Å². The van der Waals surface area contributed by atoms with Crippen LogP contribution in [0.2, 0.25) is 0 Å². The topological polar surface area (TPSA) is 179 Å². The molecule has 2 aliphatic rings. The molecule has 5 unspecified atom stereocenters. The summed E-state index contributed by atoms with van der Waals surface area (Å²) < 4.78 is 26.8. The smallest absolute Gasteiger partial charge is 0.176 e. The van der Waals surface area contributed by atoms with Gasteiger partial charge in [-0.2, -0.15) is 0 Å². The molecule has 0 amide bonds. The van der Waals surface area contributed by atoms with Crippen molar-refractivity contribution >= 4 is 0 Å². The Morgan fingerprint density at radius 1 is 0.800 bits per heavy atom. The van der Waals surface area contributed by atoms with Gasteiger partial charge in [-0.05, 0) is 0 Å². The van der Waals surface area contributed by atoms with E-state index < -0.39 is 74.5 Å². The molecule has 0 saturated carbocycles. The molecule has 2 heterocycles. The normalized spacial score (nSPS) is 48.5. The van der Waals surface area contributed by atoms with Crippen molar-refractivity contribution in [2.24, 2.45) is 11.5 Å². The Labute approximate surface area is 145 Å². The lowest BCUT2D eigenvalue weighted by atomic mass is 9.95. The van der Waals surface area contributed by atoms with Gasteiger partial charge < -0.3 is 55.6 Å². The zero-order valence-corrected chi connectivity index (χ0v) is 14.2. The molecule has 25 heavy (non-hydrogen) atoms. The Kier molecular flexibility index (Phi) is 7.49. The third kappa shape index (κ3) is 4.12. The summed E-state index contributed by atoms with van der Waals surface area (Å²) in [6.07, 6.45) is -8.23. The Morgan fingerprint density at radius 3 is 1.80 bits per heavy atom. The van der Waals surface area contributed by atoms with Crippen molar-refractivity contribution in [3.63, 3.8) is 0 Å². The van der Waals surface area contributed by atoms with Gasteiger partial charge in [0.15, 0.2) is 12.6 Å². The van der Waals surface area contributed by atoms with Crippen LogP contribution in [0.25, 0.3) is 0 Å². The van der Waals surface area contributed by atoms with Crippen molar-refractivity contribution in [2.75, 3.05) is 27.4 Å². The third-order valence-corrected chi connectivity index (χ3v) is 4.60. The van der Waals surface area contributed by atoms with Gasteiger partial charge in [-0.25, -0.2) is 0 Å². The van der Waals surface area contributed by atoms with Crippen LogP contribution in [-0.4, -0.2) is 109 Å². The second kappa shape index (κ2) is 8.97. The number of aliphatic hydroxyl groups excluding tert-OH is 4. The van der Waals surface area contributed by atoms with Gasteiger partial charge in [-0.3, -0.25) is 0 Å². The largest absolute Gasteiger partial charge is 0.394 e. The standard InChI is InChI=1S/C14H28N2O9/c1-21-11-5(3-17)24-14(8(16)9(11)19)25-12-6(4-18)23-13(22-2)7(15)10(12)20/h5-14,17-20H,3-4,15-16H2,1-2H3/t5?,6?,7-,8?,9-,10?,11?,12+,13+,14+/m1/s1. The molecule has 0 aromatic heterocycles. The van der Waals surface area contributed by atoms with E-state index in [1.807, 2.05) is 0 Å². The molecule has 10 atom stereocenters. The predicted molar refractivity (Wildman–Crippen MR) is 82.1 cm³/mol. The zero-order chi connectivity index (χ0) is 18.7. The second-order valence-electron chi connectivity index (χ2n) is 6.12. The average Bonchev–Trinajstić information content (AvgIpc) is 2.62. The fraction of sp³-hybridized carbons (Fsp3) is 1.00. The van der Waals surface area contributed by atoms with Crippen molar-refractivity contribution in [1.82, 2.24) is 0 Å². The van der Waals surface area contributed by atoms with Crippen molar-refractivity contribution in [1.29, 1.82) is 0 Å². The van der Waals surface area contributed by atoms with E-state index in [4.69, 9.17) is 35.2 Å². The van der Waals surface area contributed by atoms with Gasteiger partial charge >= 0.3 is 0 Å². The van der Waals surface area contributed by atoms with Gasteiger partial charge in [0.1, 0.15) is 36.6 Å². The maximum absolute atomic E-state index is 10.4. The minimum Gasteiger partial charge on any atom is -0.394 e. The number of methoxy groups -OCH3 is 2. The van der Waals surface area contributed by atoms with Crippen LogP contribution in [-0.2, 0) is 23.7 Å². The highest BCUT2D eigenvalue weighted by molar-refractivity contribution is 4.96.